The second-order valence-electron chi connectivity index (χ2n) is 6.07. The Balaban J connectivity index is 2.25. The van der Waals surface area contributed by atoms with Crippen LogP contribution in [0.15, 0.2) is 18.7 Å². The van der Waals surface area contributed by atoms with E-state index >= 15 is 0 Å². The molecule has 0 aliphatic carbocycles. The molecule has 0 aromatic carbocycles. The third kappa shape index (κ3) is 3.10. The number of nitrogen functional groups attached to an aromatic ring is 1. The van der Waals surface area contributed by atoms with Crippen molar-refractivity contribution < 1.29 is 9.53 Å². The molecule has 0 unspecified atom stereocenters. The number of methoxy groups -OCH3 is 1. The van der Waals surface area contributed by atoms with Crippen molar-refractivity contribution in [2.75, 3.05) is 12.8 Å². The number of carbonyl (C=O) groups is 1. The fourth-order valence-corrected chi connectivity index (χ4v) is 2.72. The monoisotopic (exact) mass is 361 g/mol. The highest BCUT2D eigenvalue weighted by molar-refractivity contribution is 6.33. The number of nitrogens with zero attached hydrogens (tertiary/aromatic N) is 6. The second kappa shape index (κ2) is 6.25. The van der Waals surface area contributed by atoms with E-state index in [9.17, 15) is 4.79 Å². The Morgan fingerprint density at radius 2 is 1.96 bits per heavy atom. The number of rotatable bonds is 4. The molecule has 0 atom stereocenters. The van der Waals surface area contributed by atoms with Crippen LogP contribution >= 0.6 is 11.6 Å². The smallest absolute Gasteiger partial charge is 0.313 e. The maximum atomic E-state index is 12.1. The van der Waals surface area contributed by atoms with Crippen LogP contribution < -0.4 is 5.73 Å². The Hall–Kier alpha value is -2.81. The molecule has 3 heterocycles. The molecule has 3 aromatic heterocycles. The van der Waals surface area contributed by atoms with Crippen molar-refractivity contribution in [3.63, 3.8) is 0 Å². The zero-order chi connectivity index (χ0) is 18.2. The minimum Gasteiger partial charge on any atom is -0.469 e. The van der Waals surface area contributed by atoms with Crippen molar-refractivity contribution in [3.05, 3.63) is 23.9 Å². The summed E-state index contributed by atoms with van der Waals surface area (Å²) >= 11 is 6.17. The number of fused-ring (bicyclic) bond motifs is 1. The van der Waals surface area contributed by atoms with E-state index in [0.717, 1.165) is 0 Å². The van der Waals surface area contributed by atoms with Gasteiger partial charge in [0.15, 0.2) is 10.8 Å². The van der Waals surface area contributed by atoms with Crippen molar-refractivity contribution in [2.45, 2.75) is 20.4 Å². The molecule has 0 aliphatic rings. The number of anilines is 1. The van der Waals surface area contributed by atoms with Crippen LogP contribution in [0.1, 0.15) is 13.8 Å². The molecule has 0 fully saturated rings. The van der Waals surface area contributed by atoms with Gasteiger partial charge in [-0.2, -0.15) is 9.97 Å². The van der Waals surface area contributed by atoms with E-state index in [0.29, 0.717) is 22.6 Å². The zero-order valence-electron chi connectivity index (χ0n) is 13.9. The van der Waals surface area contributed by atoms with E-state index < -0.39 is 5.41 Å². The molecule has 3 aromatic rings. The van der Waals surface area contributed by atoms with Gasteiger partial charge in [0.25, 0.3) is 0 Å². The number of halogens is 1. The highest BCUT2D eigenvalue weighted by atomic mass is 35.5. The van der Waals surface area contributed by atoms with E-state index in [-0.39, 0.29) is 23.6 Å². The van der Waals surface area contributed by atoms with E-state index in [4.69, 9.17) is 22.1 Å². The Bertz CT molecular complexity index is 940. The van der Waals surface area contributed by atoms with E-state index in [1.807, 2.05) is 0 Å². The topological polar surface area (TPSA) is 122 Å². The van der Waals surface area contributed by atoms with Gasteiger partial charge in [-0.05, 0) is 13.8 Å². The average Bonchev–Trinajstić information content (AvgIpc) is 2.93. The summed E-state index contributed by atoms with van der Waals surface area (Å²) in [7, 11) is 1.35. The Kier molecular flexibility index (Phi) is 4.25. The normalized spacial score (nSPS) is 11.7. The molecule has 0 saturated carbocycles. The lowest BCUT2D eigenvalue weighted by molar-refractivity contribution is -0.151. The minimum atomic E-state index is -0.834. The Morgan fingerprint density at radius 3 is 2.60 bits per heavy atom. The van der Waals surface area contributed by atoms with Gasteiger partial charge in [0.05, 0.1) is 18.1 Å². The lowest BCUT2D eigenvalue weighted by Crippen LogP contribution is -2.31. The van der Waals surface area contributed by atoms with Crippen LogP contribution in [0, 0.1) is 5.41 Å². The Labute approximate surface area is 148 Å². The van der Waals surface area contributed by atoms with Crippen LogP contribution in [-0.2, 0) is 16.1 Å². The van der Waals surface area contributed by atoms with Gasteiger partial charge in [-0.15, -0.1) is 0 Å². The molecule has 0 radical (unpaired) electrons. The average molecular weight is 362 g/mol. The number of aromatic nitrogens is 6. The van der Waals surface area contributed by atoms with Gasteiger partial charge in [-0.25, -0.2) is 15.0 Å². The minimum absolute atomic E-state index is 0.0189. The predicted octanol–water partition coefficient (Wildman–Crippen LogP) is 1.72. The maximum Gasteiger partial charge on any atom is 0.313 e. The first-order valence-electron chi connectivity index (χ1n) is 7.36. The summed E-state index contributed by atoms with van der Waals surface area (Å²) in [4.78, 5) is 32.8. The summed E-state index contributed by atoms with van der Waals surface area (Å²) in [6.07, 6.45) is 4.64. The number of hydrogen-bond acceptors (Lipinski definition) is 8. The molecule has 9 nitrogen and oxygen atoms in total. The predicted molar refractivity (Wildman–Crippen MR) is 91.6 cm³/mol. The lowest BCUT2D eigenvalue weighted by Gasteiger charge is -2.23. The van der Waals surface area contributed by atoms with Crippen molar-refractivity contribution >= 4 is 34.7 Å². The first-order chi connectivity index (χ1) is 11.8. The number of nitrogens with two attached hydrogens (primary N) is 1. The van der Waals surface area contributed by atoms with Crippen molar-refractivity contribution in [1.29, 1.82) is 0 Å². The molecule has 0 saturated heterocycles. The number of esters is 1. The highest BCUT2D eigenvalue weighted by Crippen LogP contribution is 2.31. The molecule has 25 heavy (non-hydrogen) atoms. The van der Waals surface area contributed by atoms with Gasteiger partial charge in [-0.3, -0.25) is 4.79 Å². The van der Waals surface area contributed by atoms with E-state index in [1.165, 1.54) is 13.4 Å². The Morgan fingerprint density at radius 1 is 1.28 bits per heavy atom. The van der Waals surface area contributed by atoms with Gasteiger partial charge in [0, 0.05) is 18.9 Å². The van der Waals surface area contributed by atoms with Crippen LogP contribution in [-0.4, -0.2) is 42.6 Å². The maximum absolute atomic E-state index is 12.1. The third-order valence-electron chi connectivity index (χ3n) is 3.68. The summed E-state index contributed by atoms with van der Waals surface area (Å²) in [6, 6.07) is 0. The number of carbonyl (C=O) groups excluding carboxylic acids is 1. The standard InChI is InChI=1S/C15H16ClN7O2/c1-15(2,13(24)25-3)6-23-11(8-4-18-7-19-5-8)20-9-10(16)21-14(17)22-12(9)23/h4-5,7H,6H2,1-3H3,(H2,17,21,22). The molecule has 10 heteroatoms. The van der Waals surface area contributed by atoms with Gasteiger partial charge < -0.3 is 15.0 Å². The molecule has 0 amide bonds. The van der Waals surface area contributed by atoms with Gasteiger partial charge in [0.1, 0.15) is 17.7 Å². The van der Waals surface area contributed by atoms with Crippen LogP contribution in [0.4, 0.5) is 5.95 Å². The summed E-state index contributed by atoms with van der Waals surface area (Å²) in [5.41, 5.74) is 6.35. The SMILES string of the molecule is COC(=O)C(C)(C)Cn1c(-c2cncnc2)nc2c(Cl)nc(N)nc21. The van der Waals surface area contributed by atoms with Crippen LogP contribution in [0.3, 0.4) is 0 Å². The van der Waals surface area contributed by atoms with E-state index in [2.05, 4.69) is 24.9 Å². The van der Waals surface area contributed by atoms with Gasteiger partial charge >= 0.3 is 5.97 Å². The molecule has 2 N–H and O–H groups in total. The summed E-state index contributed by atoms with van der Waals surface area (Å²) in [5.74, 6) is 0.164. The first kappa shape index (κ1) is 17.0. The largest absolute Gasteiger partial charge is 0.469 e. The fraction of sp³-hybridized carbons (Fsp3) is 0.333. The van der Waals surface area contributed by atoms with Crippen molar-refractivity contribution in [3.8, 4) is 11.4 Å². The second-order valence-corrected chi connectivity index (χ2v) is 6.43. The van der Waals surface area contributed by atoms with Crippen LogP contribution in [0.2, 0.25) is 5.15 Å². The molecule has 3 rings (SSSR count). The van der Waals surface area contributed by atoms with Crippen molar-refractivity contribution in [1.82, 2.24) is 29.5 Å². The molecule has 0 aliphatic heterocycles. The number of imidazole rings is 1. The molecule has 130 valence electrons. The first-order valence-corrected chi connectivity index (χ1v) is 7.74. The lowest BCUT2D eigenvalue weighted by atomic mass is 9.93. The summed E-state index contributed by atoms with van der Waals surface area (Å²) < 4.78 is 6.63. The quantitative estimate of drug-likeness (QED) is 0.550. The van der Waals surface area contributed by atoms with Crippen LogP contribution in [0.25, 0.3) is 22.6 Å². The molecular formula is C15H16ClN7O2. The molecular weight excluding hydrogens is 346 g/mol. The summed E-state index contributed by atoms with van der Waals surface area (Å²) in [6.45, 7) is 3.78. The highest BCUT2D eigenvalue weighted by Gasteiger charge is 2.32. The van der Waals surface area contributed by atoms with Crippen LogP contribution in [0.5, 0.6) is 0 Å². The number of ether oxygens (including phenoxy) is 1. The van der Waals surface area contributed by atoms with Gasteiger partial charge in [0.2, 0.25) is 5.95 Å². The fourth-order valence-electron chi connectivity index (χ4n) is 2.50. The van der Waals surface area contributed by atoms with Gasteiger partial charge in [-0.1, -0.05) is 11.6 Å². The molecule has 0 bridgehead atoms. The van der Waals surface area contributed by atoms with E-state index in [1.54, 1.807) is 30.8 Å². The summed E-state index contributed by atoms with van der Waals surface area (Å²) in [5, 5.41) is 0.134. The van der Waals surface area contributed by atoms with Crippen molar-refractivity contribution in [2.24, 2.45) is 5.41 Å². The third-order valence-corrected chi connectivity index (χ3v) is 3.94. The zero-order valence-corrected chi connectivity index (χ0v) is 14.7. The molecule has 0 spiro atoms. The number of hydrogen-bond donors (Lipinski definition) is 1.